The highest BCUT2D eigenvalue weighted by Crippen LogP contribution is 2.21. The molecule has 4 nitrogen and oxygen atoms in total. The molecule has 0 aliphatic heterocycles. The maximum Gasteiger partial charge on any atom is 0.275 e. The van der Waals surface area contributed by atoms with Crippen LogP contribution in [0.15, 0.2) is 59.7 Å². The van der Waals surface area contributed by atoms with Crippen molar-refractivity contribution in [3.05, 3.63) is 70.8 Å². The number of rotatable bonds is 4. The van der Waals surface area contributed by atoms with Crippen molar-refractivity contribution in [2.24, 2.45) is 5.10 Å². The quantitative estimate of drug-likeness (QED) is 0.665. The second-order valence-corrected chi connectivity index (χ2v) is 5.04. The fourth-order valence-electron chi connectivity index (χ4n) is 1.71. The van der Waals surface area contributed by atoms with E-state index in [1.54, 1.807) is 13.0 Å². The fraction of sp³-hybridized carbons (Fsp3) is 0.0588. The van der Waals surface area contributed by atoms with Crippen molar-refractivity contribution in [2.75, 3.05) is 0 Å². The highest BCUT2D eigenvalue weighted by molar-refractivity contribution is 6.30. The Kier molecular flexibility index (Phi) is 5.33. The van der Waals surface area contributed by atoms with Crippen molar-refractivity contribution in [1.29, 1.82) is 0 Å². The lowest BCUT2D eigenvalue weighted by Crippen LogP contribution is -2.18. The number of hydrogen-bond donors (Lipinski definition) is 2. The number of phenolic OH excluding ortho intramolecular Hbond substituents is 1. The maximum atomic E-state index is 11.9. The predicted octanol–water partition coefficient (Wildman–Crippen LogP) is 3.86. The van der Waals surface area contributed by atoms with Gasteiger partial charge in [-0.2, -0.15) is 5.10 Å². The van der Waals surface area contributed by atoms with Gasteiger partial charge in [0.05, 0.1) is 11.3 Å². The lowest BCUT2D eigenvalue weighted by molar-refractivity contribution is 0.0952. The molecule has 0 saturated carbocycles. The largest absolute Gasteiger partial charge is 0.507 e. The lowest BCUT2D eigenvalue weighted by atomic mass is 10.2. The molecule has 0 unspecified atom stereocenters. The van der Waals surface area contributed by atoms with E-state index in [-0.39, 0.29) is 11.3 Å². The minimum atomic E-state index is -0.498. The zero-order valence-electron chi connectivity index (χ0n) is 12.0. The number of phenols is 1. The van der Waals surface area contributed by atoms with Crippen molar-refractivity contribution in [3.63, 3.8) is 0 Å². The molecule has 0 bridgehead atoms. The number of carbonyl (C=O) groups is 1. The van der Waals surface area contributed by atoms with E-state index in [1.165, 1.54) is 18.2 Å². The second kappa shape index (κ2) is 7.43. The van der Waals surface area contributed by atoms with Crippen LogP contribution in [0.4, 0.5) is 0 Å². The third-order valence-corrected chi connectivity index (χ3v) is 3.09. The molecule has 0 heterocycles. The molecule has 2 N–H and O–H groups in total. The van der Waals surface area contributed by atoms with Crippen molar-refractivity contribution >= 4 is 29.3 Å². The van der Waals surface area contributed by atoms with E-state index in [9.17, 15) is 9.90 Å². The van der Waals surface area contributed by atoms with Gasteiger partial charge in [0.15, 0.2) is 0 Å². The van der Waals surface area contributed by atoms with Crippen LogP contribution in [-0.2, 0) is 0 Å². The topological polar surface area (TPSA) is 61.7 Å². The first-order valence-corrected chi connectivity index (χ1v) is 7.00. The maximum absolute atomic E-state index is 11.9. The van der Waals surface area contributed by atoms with Gasteiger partial charge in [0.25, 0.3) is 5.91 Å². The number of aromatic hydroxyl groups is 1. The minimum Gasteiger partial charge on any atom is -0.507 e. The Morgan fingerprint density at radius 1 is 1.23 bits per heavy atom. The van der Waals surface area contributed by atoms with Gasteiger partial charge in [0.1, 0.15) is 5.75 Å². The van der Waals surface area contributed by atoms with Crippen LogP contribution in [0.2, 0.25) is 5.02 Å². The fourth-order valence-corrected chi connectivity index (χ4v) is 1.88. The lowest BCUT2D eigenvalue weighted by Gasteiger charge is -2.03. The van der Waals surface area contributed by atoms with Crippen LogP contribution in [0.5, 0.6) is 5.75 Å². The predicted molar refractivity (Wildman–Crippen MR) is 89.2 cm³/mol. The van der Waals surface area contributed by atoms with Crippen LogP contribution in [0.3, 0.4) is 0 Å². The molecule has 0 aromatic heterocycles. The summed E-state index contributed by atoms with van der Waals surface area (Å²) in [6, 6.07) is 14.0. The van der Waals surface area contributed by atoms with E-state index < -0.39 is 5.91 Å². The molecule has 2 rings (SSSR count). The average molecular weight is 315 g/mol. The molecular weight excluding hydrogens is 300 g/mol. The molecule has 0 aliphatic rings. The number of allylic oxidation sites excluding steroid dienone is 1. The monoisotopic (exact) mass is 314 g/mol. The number of carbonyl (C=O) groups excluding carboxylic acids is 1. The number of nitrogens with one attached hydrogen (secondary N) is 1. The van der Waals surface area contributed by atoms with Gasteiger partial charge in [0.2, 0.25) is 0 Å². The summed E-state index contributed by atoms with van der Waals surface area (Å²) in [6.07, 6.45) is 3.68. The van der Waals surface area contributed by atoms with E-state index in [4.69, 9.17) is 11.6 Å². The third kappa shape index (κ3) is 4.46. The number of halogens is 1. The normalized spacial score (nSPS) is 11.6. The Bertz CT molecular complexity index is 725. The summed E-state index contributed by atoms with van der Waals surface area (Å²) in [6.45, 7) is 1.77. The number of hydrogen-bond acceptors (Lipinski definition) is 3. The van der Waals surface area contributed by atoms with Gasteiger partial charge in [-0.25, -0.2) is 5.43 Å². The van der Waals surface area contributed by atoms with Crippen LogP contribution in [-0.4, -0.2) is 16.7 Å². The van der Waals surface area contributed by atoms with Crippen molar-refractivity contribution in [2.45, 2.75) is 6.92 Å². The van der Waals surface area contributed by atoms with Gasteiger partial charge in [0, 0.05) is 5.02 Å². The molecule has 0 spiro atoms. The Hall–Kier alpha value is -2.59. The number of amides is 1. The molecule has 0 radical (unpaired) electrons. The molecule has 22 heavy (non-hydrogen) atoms. The van der Waals surface area contributed by atoms with Gasteiger partial charge in [-0.3, -0.25) is 4.79 Å². The van der Waals surface area contributed by atoms with Gasteiger partial charge in [-0.05, 0) is 36.8 Å². The van der Waals surface area contributed by atoms with Crippen LogP contribution in [0, 0.1) is 0 Å². The molecule has 0 aliphatic carbocycles. The Morgan fingerprint density at radius 3 is 2.64 bits per heavy atom. The summed E-state index contributed by atoms with van der Waals surface area (Å²) in [7, 11) is 0. The average Bonchev–Trinajstić information content (AvgIpc) is 2.51. The molecule has 2 aromatic rings. The first-order chi connectivity index (χ1) is 10.6. The molecular formula is C17H15ClN2O2. The summed E-state index contributed by atoms with van der Waals surface area (Å²) in [5.74, 6) is -0.681. The van der Waals surface area contributed by atoms with Crippen molar-refractivity contribution in [1.82, 2.24) is 5.43 Å². The van der Waals surface area contributed by atoms with Gasteiger partial charge in [-0.1, -0.05) is 48.0 Å². The van der Waals surface area contributed by atoms with Gasteiger partial charge < -0.3 is 5.11 Å². The van der Waals surface area contributed by atoms with Crippen molar-refractivity contribution < 1.29 is 9.90 Å². The molecule has 5 heteroatoms. The Balaban J connectivity index is 2.01. The van der Waals surface area contributed by atoms with Crippen molar-refractivity contribution in [3.8, 4) is 5.75 Å². The summed E-state index contributed by atoms with van der Waals surface area (Å²) >= 11 is 5.72. The number of nitrogens with zero attached hydrogens (tertiary/aromatic N) is 1. The molecule has 0 fully saturated rings. The number of benzene rings is 2. The van der Waals surface area contributed by atoms with Gasteiger partial charge in [-0.15, -0.1) is 0 Å². The van der Waals surface area contributed by atoms with E-state index in [0.29, 0.717) is 10.7 Å². The Labute approximate surface area is 133 Å². The zero-order valence-corrected chi connectivity index (χ0v) is 12.7. The summed E-state index contributed by atoms with van der Waals surface area (Å²) in [4.78, 5) is 11.9. The van der Waals surface area contributed by atoms with Crippen LogP contribution < -0.4 is 5.43 Å². The summed E-state index contributed by atoms with van der Waals surface area (Å²) < 4.78 is 0. The molecule has 0 saturated heterocycles. The second-order valence-electron chi connectivity index (χ2n) is 4.60. The first kappa shape index (κ1) is 15.8. The molecule has 0 atom stereocenters. The van der Waals surface area contributed by atoms with Gasteiger partial charge >= 0.3 is 0 Å². The van der Waals surface area contributed by atoms with E-state index in [2.05, 4.69) is 10.5 Å². The minimum absolute atomic E-state index is 0.119. The van der Waals surface area contributed by atoms with E-state index >= 15 is 0 Å². The number of hydrazone groups is 1. The first-order valence-electron chi connectivity index (χ1n) is 6.62. The van der Waals surface area contributed by atoms with E-state index in [0.717, 1.165) is 5.56 Å². The third-order valence-electron chi connectivity index (χ3n) is 2.85. The Morgan fingerprint density at radius 2 is 1.95 bits per heavy atom. The highest BCUT2D eigenvalue weighted by Gasteiger charge is 2.10. The molecule has 1 amide bonds. The van der Waals surface area contributed by atoms with Crippen LogP contribution >= 0.6 is 11.6 Å². The smallest absolute Gasteiger partial charge is 0.275 e. The SMILES string of the molecule is CC(C=Cc1ccccc1)=NNC(=O)c1ccc(Cl)cc1O. The van der Waals surface area contributed by atoms with Crippen LogP contribution in [0.25, 0.3) is 6.08 Å². The molecule has 2 aromatic carbocycles. The van der Waals surface area contributed by atoms with E-state index in [1.807, 2.05) is 36.4 Å². The summed E-state index contributed by atoms with van der Waals surface area (Å²) in [5, 5.41) is 14.0. The standard InChI is InChI=1S/C17H15ClN2O2/c1-12(7-8-13-5-3-2-4-6-13)19-20-17(22)15-10-9-14(18)11-16(15)21/h2-11,21H,1H3,(H,20,22). The molecule has 112 valence electrons. The van der Waals surface area contributed by atoms with Crippen LogP contribution in [0.1, 0.15) is 22.8 Å². The highest BCUT2D eigenvalue weighted by atomic mass is 35.5. The summed E-state index contributed by atoms with van der Waals surface area (Å²) in [5.41, 5.74) is 4.18. The zero-order chi connectivity index (χ0) is 15.9.